The van der Waals surface area contributed by atoms with Crippen LogP contribution in [-0.4, -0.2) is 40.3 Å². The van der Waals surface area contributed by atoms with E-state index in [2.05, 4.69) is 30.0 Å². The fourth-order valence-electron chi connectivity index (χ4n) is 2.87. The third-order valence-corrected chi connectivity index (χ3v) is 4.03. The fraction of sp³-hybridized carbons (Fsp3) is 0.750. The smallest absolute Gasteiger partial charge is 0.307 e. The van der Waals surface area contributed by atoms with Crippen LogP contribution >= 0.6 is 0 Å². The molecule has 1 aromatic rings. The standard InChI is InChI=1S/C16H27N3O2/c1-4-21-16(20)10-15(18-8-6-5-7-9-18)14-11-17-19(12-14)13(2)3/h11-13,15H,4-10H2,1-3H3. The van der Waals surface area contributed by atoms with E-state index >= 15 is 0 Å². The highest BCUT2D eigenvalue weighted by molar-refractivity contribution is 5.70. The van der Waals surface area contributed by atoms with Crippen molar-refractivity contribution >= 4 is 5.97 Å². The van der Waals surface area contributed by atoms with Crippen LogP contribution in [0, 0.1) is 0 Å². The summed E-state index contributed by atoms with van der Waals surface area (Å²) in [6.45, 7) is 8.62. The van der Waals surface area contributed by atoms with E-state index in [0.717, 1.165) is 18.7 Å². The number of ether oxygens (including phenoxy) is 1. The molecule has 1 aliphatic heterocycles. The van der Waals surface area contributed by atoms with Crippen LogP contribution in [0.15, 0.2) is 12.4 Å². The average molecular weight is 293 g/mol. The molecule has 0 radical (unpaired) electrons. The number of carbonyl (C=O) groups is 1. The van der Waals surface area contributed by atoms with Crippen LogP contribution in [0.2, 0.25) is 0 Å². The van der Waals surface area contributed by atoms with Crippen LogP contribution in [0.5, 0.6) is 0 Å². The maximum atomic E-state index is 11.9. The van der Waals surface area contributed by atoms with Crippen LogP contribution in [-0.2, 0) is 9.53 Å². The zero-order chi connectivity index (χ0) is 15.2. The van der Waals surface area contributed by atoms with Crippen molar-refractivity contribution in [3.63, 3.8) is 0 Å². The molecule has 2 rings (SSSR count). The lowest BCUT2D eigenvalue weighted by Crippen LogP contribution is -2.35. The van der Waals surface area contributed by atoms with Crippen molar-refractivity contribution in [3.05, 3.63) is 18.0 Å². The summed E-state index contributed by atoms with van der Waals surface area (Å²) >= 11 is 0. The van der Waals surface area contributed by atoms with Gasteiger partial charge in [-0.15, -0.1) is 0 Å². The molecule has 1 atom stereocenters. The van der Waals surface area contributed by atoms with E-state index in [4.69, 9.17) is 4.74 Å². The largest absolute Gasteiger partial charge is 0.466 e. The average Bonchev–Trinajstić information content (AvgIpc) is 2.96. The molecule has 21 heavy (non-hydrogen) atoms. The summed E-state index contributed by atoms with van der Waals surface area (Å²) in [6.07, 6.45) is 8.09. The predicted molar refractivity (Wildman–Crippen MR) is 82.0 cm³/mol. The van der Waals surface area contributed by atoms with Gasteiger partial charge in [0, 0.05) is 23.8 Å². The molecule has 0 spiro atoms. The summed E-state index contributed by atoms with van der Waals surface area (Å²) in [5.41, 5.74) is 1.12. The van der Waals surface area contributed by atoms with E-state index in [9.17, 15) is 4.79 Å². The molecule has 1 unspecified atom stereocenters. The van der Waals surface area contributed by atoms with Crippen LogP contribution in [0.4, 0.5) is 0 Å². The third-order valence-electron chi connectivity index (χ3n) is 4.03. The molecule has 1 aliphatic rings. The van der Waals surface area contributed by atoms with Crippen molar-refractivity contribution in [1.82, 2.24) is 14.7 Å². The minimum atomic E-state index is -0.120. The second-order valence-corrected chi connectivity index (χ2v) is 5.97. The van der Waals surface area contributed by atoms with Gasteiger partial charge in [-0.05, 0) is 46.7 Å². The van der Waals surface area contributed by atoms with Crippen molar-refractivity contribution in [2.75, 3.05) is 19.7 Å². The van der Waals surface area contributed by atoms with E-state index < -0.39 is 0 Å². The maximum Gasteiger partial charge on any atom is 0.307 e. The Morgan fingerprint density at radius 1 is 1.33 bits per heavy atom. The van der Waals surface area contributed by atoms with Gasteiger partial charge in [-0.2, -0.15) is 5.10 Å². The SMILES string of the molecule is CCOC(=O)CC(c1cnn(C(C)C)c1)N1CCCCC1. The van der Waals surface area contributed by atoms with E-state index in [0.29, 0.717) is 19.1 Å². The normalized spacial score (nSPS) is 17.9. The molecule has 0 bridgehead atoms. The van der Waals surface area contributed by atoms with Crippen molar-refractivity contribution in [2.24, 2.45) is 0 Å². The number of carbonyl (C=O) groups excluding carboxylic acids is 1. The molecule has 118 valence electrons. The molecule has 2 heterocycles. The number of hydrogen-bond donors (Lipinski definition) is 0. The van der Waals surface area contributed by atoms with Crippen molar-refractivity contribution in [2.45, 2.75) is 58.5 Å². The van der Waals surface area contributed by atoms with Gasteiger partial charge in [-0.25, -0.2) is 0 Å². The molecule has 1 saturated heterocycles. The number of aromatic nitrogens is 2. The first-order chi connectivity index (χ1) is 10.1. The Bertz CT molecular complexity index is 450. The number of esters is 1. The molecular formula is C16H27N3O2. The van der Waals surface area contributed by atoms with Gasteiger partial charge in [0.05, 0.1) is 19.2 Å². The number of rotatable bonds is 6. The number of piperidine rings is 1. The Labute approximate surface area is 127 Å². The van der Waals surface area contributed by atoms with Crippen molar-refractivity contribution in [3.8, 4) is 0 Å². The van der Waals surface area contributed by atoms with Gasteiger partial charge < -0.3 is 4.74 Å². The lowest BCUT2D eigenvalue weighted by Gasteiger charge is -2.33. The van der Waals surface area contributed by atoms with Gasteiger partial charge in [-0.1, -0.05) is 6.42 Å². The number of nitrogens with zero attached hydrogens (tertiary/aromatic N) is 3. The topological polar surface area (TPSA) is 47.4 Å². The van der Waals surface area contributed by atoms with Gasteiger partial charge in [0.25, 0.3) is 0 Å². The first-order valence-corrected chi connectivity index (χ1v) is 8.05. The van der Waals surface area contributed by atoms with Crippen LogP contribution in [0.25, 0.3) is 0 Å². The van der Waals surface area contributed by atoms with E-state index in [-0.39, 0.29) is 12.0 Å². The fourth-order valence-corrected chi connectivity index (χ4v) is 2.87. The lowest BCUT2D eigenvalue weighted by atomic mass is 10.0. The molecule has 5 heteroatoms. The maximum absolute atomic E-state index is 11.9. The highest BCUT2D eigenvalue weighted by atomic mass is 16.5. The van der Waals surface area contributed by atoms with E-state index in [1.54, 1.807) is 0 Å². The highest BCUT2D eigenvalue weighted by Crippen LogP contribution is 2.28. The van der Waals surface area contributed by atoms with Crippen LogP contribution < -0.4 is 0 Å². The summed E-state index contributed by atoms with van der Waals surface area (Å²) in [6, 6.07) is 0.431. The van der Waals surface area contributed by atoms with Gasteiger partial charge in [0.2, 0.25) is 0 Å². The monoisotopic (exact) mass is 293 g/mol. The third kappa shape index (κ3) is 4.30. The molecule has 1 fully saturated rings. The molecule has 5 nitrogen and oxygen atoms in total. The van der Waals surface area contributed by atoms with Gasteiger partial charge in [0.1, 0.15) is 0 Å². The van der Waals surface area contributed by atoms with Gasteiger partial charge >= 0.3 is 5.97 Å². The second kappa shape index (κ2) is 7.59. The molecule has 0 aliphatic carbocycles. The Morgan fingerprint density at radius 2 is 2.05 bits per heavy atom. The summed E-state index contributed by atoms with van der Waals surface area (Å²) < 4.78 is 7.10. The first kappa shape index (κ1) is 16.0. The molecule has 1 aromatic heterocycles. The zero-order valence-corrected chi connectivity index (χ0v) is 13.4. The lowest BCUT2D eigenvalue weighted by molar-refractivity contribution is -0.144. The molecule has 0 amide bonds. The quantitative estimate of drug-likeness (QED) is 0.757. The summed E-state index contributed by atoms with van der Waals surface area (Å²) in [5.74, 6) is -0.120. The summed E-state index contributed by atoms with van der Waals surface area (Å²) in [5, 5.41) is 4.42. The van der Waals surface area contributed by atoms with Gasteiger partial charge in [-0.3, -0.25) is 14.4 Å². The predicted octanol–water partition coefficient (Wildman–Crippen LogP) is 2.94. The molecule has 0 N–H and O–H groups in total. The Morgan fingerprint density at radius 3 is 2.62 bits per heavy atom. The highest BCUT2D eigenvalue weighted by Gasteiger charge is 2.26. The zero-order valence-electron chi connectivity index (χ0n) is 13.4. The van der Waals surface area contributed by atoms with Crippen molar-refractivity contribution < 1.29 is 9.53 Å². The minimum Gasteiger partial charge on any atom is -0.466 e. The van der Waals surface area contributed by atoms with Gasteiger partial charge in [0.15, 0.2) is 0 Å². The number of likely N-dealkylation sites (tertiary alicyclic amines) is 1. The van der Waals surface area contributed by atoms with Crippen LogP contribution in [0.1, 0.15) is 64.1 Å². The minimum absolute atomic E-state index is 0.0943. The Balaban J connectivity index is 2.14. The van der Waals surface area contributed by atoms with Crippen LogP contribution in [0.3, 0.4) is 0 Å². The molecule has 0 saturated carbocycles. The van der Waals surface area contributed by atoms with E-state index in [1.165, 1.54) is 19.3 Å². The first-order valence-electron chi connectivity index (χ1n) is 8.05. The number of hydrogen-bond acceptors (Lipinski definition) is 4. The Kier molecular flexibility index (Phi) is 5.79. The molecule has 0 aromatic carbocycles. The summed E-state index contributed by atoms with van der Waals surface area (Å²) in [7, 11) is 0. The van der Waals surface area contributed by atoms with Crippen molar-refractivity contribution in [1.29, 1.82) is 0 Å². The van der Waals surface area contributed by atoms with E-state index in [1.807, 2.05) is 17.8 Å². The second-order valence-electron chi connectivity index (χ2n) is 5.97. The summed E-state index contributed by atoms with van der Waals surface area (Å²) in [4.78, 5) is 14.3. The Hall–Kier alpha value is -1.36. The molecular weight excluding hydrogens is 266 g/mol.